The van der Waals surface area contributed by atoms with Crippen molar-refractivity contribution in [2.45, 2.75) is 52.0 Å². The van der Waals surface area contributed by atoms with Crippen LogP contribution in [0.15, 0.2) is 18.2 Å². The minimum Gasteiger partial charge on any atom is -0.399 e. The minimum atomic E-state index is -0.896. The quantitative estimate of drug-likeness (QED) is 0.784. The van der Waals surface area contributed by atoms with Gasteiger partial charge in [0.1, 0.15) is 6.17 Å². The predicted octanol–water partition coefficient (Wildman–Crippen LogP) is 2.09. The van der Waals surface area contributed by atoms with Gasteiger partial charge in [-0.05, 0) is 52.2 Å². The van der Waals surface area contributed by atoms with Crippen molar-refractivity contribution in [2.24, 2.45) is 0 Å². The zero-order valence-corrected chi connectivity index (χ0v) is 14.4. The molecule has 0 atom stereocenters. The van der Waals surface area contributed by atoms with Crippen molar-refractivity contribution in [3.8, 4) is 0 Å². The molecule has 23 heavy (non-hydrogen) atoms. The van der Waals surface area contributed by atoms with E-state index in [1.165, 1.54) is 4.90 Å². The number of rotatable bonds is 2. The molecule has 2 aliphatic rings. The van der Waals surface area contributed by atoms with Gasteiger partial charge in [-0.2, -0.15) is 0 Å². The Morgan fingerprint density at radius 3 is 2.30 bits per heavy atom. The van der Waals surface area contributed by atoms with Gasteiger partial charge in [-0.25, -0.2) is 4.39 Å². The van der Waals surface area contributed by atoms with E-state index < -0.39 is 24.5 Å². The molecule has 1 amide bonds. The molecule has 1 aromatic carbocycles. The van der Waals surface area contributed by atoms with Crippen LogP contribution in [0.3, 0.4) is 0 Å². The lowest BCUT2D eigenvalue weighted by Crippen LogP contribution is -2.51. The highest BCUT2D eigenvalue weighted by Crippen LogP contribution is 2.36. The summed E-state index contributed by atoms with van der Waals surface area (Å²) in [5, 5.41) is 0. The first-order valence-electron chi connectivity index (χ1n) is 8.00. The summed E-state index contributed by atoms with van der Waals surface area (Å²) in [7, 11) is -0.502. The Morgan fingerprint density at radius 2 is 1.78 bits per heavy atom. The SMILES string of the molecule is Cc1ccc(C(=O)N2CC(F)C2)cc1B1OC(C)(C)C(C)(C)O1. The molecule has 2 saturated heterocycles. The third kappa shape index (κ3) is 2.79. The van der Waals surface area contributed by atoms with Crippen LogP contribution in [0.2, 0.25) is 0 Å². The second kappa shape index (κ2) is 5.31. The van der Waals surface area contributed by atoms with Gasteiger partial charge in [0.15, 0.2) is 0 Å². The van der Waals surface area contributed by atoms with E-state index >= 15 is 0 Å². The maximum Gasteiger partial charge on any atom is 0.495 e. The smallest absolute Gasteiger partial charge is 0.399 e. The van der Waals surface area contributed by atoms with Gasteiger partial charge in [0.25, 0.3) is 5.91 Å². The van der Waals surface area contributed by atoms with E-state index in [0.717, 1.165) is 11.0 Å². The van der Waals surface area contributed by atoms with E-state index in [1.54, 1.807) is 6.07 Å². The van der Waals surface area contributed by atoms with Crippen LogP contribution < -0.4 is 5.46 Å². The van der Waals surface area contributed by atoms with Gasteiger partial charge in [-0.3, -0.25) is 4.79 Å². The normalized spacial score (nSPS) is 23.0. The summed E-state index contributed by atoms with van der Waals surface area (Å²) in [4.78, 5) is 13.9. The molecule has 2 heterocycles. The Balaban J connectivity index is 1.86. The number of hydrogen-bond donors (Lipinski definition) is 0. The van der Waals surface area contributed by atoms with Crippen molar-refractivity contribution >= 4 is 18.5 Å². The van der Waals surface area contributed by atoms with Crippen molar-refractivity contribution in [3.05, 3.63) is 29.3 Å². The molecule has 4 nitrogen and oxygen atoms in total. The van der Waals surface area contributed by atoms with Crippen LogP contribution in [-0.4, -0.2) is 48.4 Å². The summed E-state index contributed by atoms with van der Waals surface area (Å²) >= 11 is 0. The van der Waals surface area contributed by atoms with Crippen LogP contribution in [0.25, 0.3) is 0 Å². The van der Waals surface area contributed by atoms with Crippen molar-refractivity contribution in [1.29, 1.82) is 0 Å². The average Bonchev–Trinajstić information content (AvgIpc) is 2.63. The van der Waals surface area contributed by atoms with Crippen LogP contribution >= 0.6 is 0 Å². The van der Waals surface area contributed by atoms with Gasteiger partial charge in [-0.1, -0.05) is 11.6 Å². The largest absolute Gasteiger partial charge is 0.495 e. The number of benzene rings is 1. The first kappa shape index (κ1) is 16.5. The molecule has 0 radical (unpaired) electrons. The number of hydrogen-bond acceptors (Lipinski definition) is 3. The Labute approximate surface area is 137 Å². The van der Waals surface area contributed by atoms with Gasteiger partial charge in [0.05, 0.1) is 24.3 Å². The summed E-state index contributed by atoms with van der Waals surface area (Å²) in [6.45, 7) is 10.3. The van der Waals surface area contributed by atoms with E-state index in [0.29, 0.717) is 5.56 Å². The number of likely N-dealkylation sites (tertiary alicyclic amines) is 1. The van der Waals surface area contributed by atoms with Gasteiger partial charge >= 0.3 is 7.12 Å². The highest BCUT2D eigenvalue weighted by atomic mass is 19.1. The summed E-state index contributed by atoms with van der Waals surface area (Å²) in [6.07, 6.45) is -0.896. The van der Waals surface area contributed by atoms with E-state index in [4.69, 9.17) is 9.31 Å². The zero-order chi connectivity index (χ0) is 17.0. The van der Waals surface area contributed by atoms with Crippen LogP contribution in [0.1, 0.15) is 43.6 Å². The third-order valence-corrected chi connectivity index (χ3v) is 5.16. The van der Waals surface area contributed by atoms with Gasteiger partial charge < -0.3 is 14.2 Å². The molecular weight excluding hydrogens is 296 g/mol. The highest BCUT2D eigenvalue weighted by Gasteiger charge is 2.52. The number of aryl methyl sites for hydroxylation is 1. The molecule has 0 aromatic heterocycles. The lowest BCUT2D eigenvalue weighted by Gasteiger charge is -2.34. The number of amides is 1. The molecule has 2 aliphatic heterocycles. The fourth-order valence-corrected chi connectivity index (χ4v) is 2.77. The third-order valence-electron chi connectivity index (χ3n) is 5.16. The van der Waals surface area contributed by atoms with Crippen LogP contribution in [0.5, 0.6) is 0 Å². The van der Waals surface area contributed by atoms with Gasteiger partial charge in [-0.15, -0.1) is 0 Å². The summed E-state index contributed by atoms with van der Waals surface area (Å²) < 4.78 is 25.1. The van der Waals surface area contributed by atoms with E-state index in [1.807, 2.05) is 46.8 Å². The van der Waals surface area contributed by atoms with Crippen LogP contribution in [-0.2, 0) is 9.31 Å². The van der Waals surface area contributed by atoms with E-state index in [2.05, 4.69) is 0 Å². The van der Waals surface area contributed by atoms with Crippen molar-refractivity contribution in [3.63, 3.8) is 0 Å². The van der Waals surface area contributed by atoms with Crippen molar-refractivity contribution in [2.75, 3.05) is 13.1 Å². The Kier molecular flexibility index (Phi) is 3.80. The number of carbonyl (C=O) groups excluding carboxylic acids is 1. The number of alkyl halides is 1. The Hall–Kier alpha value is -1.40. The first-order valence-corrected chi connectivity index (χ1v) is 8.00. The number of halogens is 1. The summed E-state index contributed by atoms with van der Waals surface area (Å²) in [5.41, 5.74) is 1.55. The number of carbonyl (C=O) groups is 1. The fraction of sp³-hybridized carbons (Fsp3) is 0.588. The second-order valence-electron chi connectivity index (χ2n) is 7.47. The van der Waals surface area contributed by atoms with Crippen molar-refractivity contribution in [1.82, 2.24) is 4.90 Å². The highest BCUT2D eigenvalue weighted by molar-refractivity contribution is 6.62. The van der Waals surface area contributed by atoms with E-state index in [-0.39, 0.29) is 19.0 Å². The molecule has 3 rings (SSSR count). The van der Waals surface area contributed by atoms with Crippen LogP contribution in [0.4, 0.5) is 4.39 Å². The monoisotopic (exact) mass is 319 g/mol. The molecule has 0 saturated carbocycles. The van der Waals surface area contributed by atoms with Gasteiger partial charge in [0.2, 0.25) is 0 Å². The maximum atomic E-state index is 13.0. The molecule has 124 valence electrons. The van der Waals surface area contributed by atoms with Crippen molar-refractivity contribution < 1.29 is 18.5 Å². The van der Waals surface area contributed by atoms with Crippen LogP contribution in [0, 0.1) is 6.92 Å². The molecule has 0 bridgehead atoms. The minimum absolute atomic E-state index is 0.142. The maximum absolute atomic E-state index is 13.0. The molecule has 1 aromatic rings. The summed E-state index contributed by atoms with van der Waals surface area (Å²) in [5.74, 6) is -0.142. The zero-order valence-electron chi connectivity index (χ0n) is 14.4. The fourth-order valence-electron chi connectivity index (χ4n) is 2.77. The Bertz CT molecular complexity index is 625. The summed E-state index contributed by atoms with van der Waals surface area (Å²) in [6, 6.07) is 5.48. The van der Waals surface area contributed by atoms with E-state index in [9.17, 15) is 9.18 Å². The molecular formula is C17H23BFNO3. The molecule has 6 heteroatoms. The average molecular weight is 319 g/mol. The standard InChI is InChI=1S/C17H23BFNO3/c1-11-6-7-12(15(21)20-9-13(19)10-20)8-14(11)18-22-16(2,3)17(4,5)23-18/h6-8,13H,9-10H2,1-5H3. The lowest BCUT2D eigenvalue weighted by atomic mass is 9.75. The Morgan fingerprint density at radius 1 is 1.22 bits per heavy atom. The molecule has 0 unspecified atom stereocenters. The topological polar surface area (TPSA) is 38.8 Å². The molecule has 2 fully saturated rings. The second-order valence-corrected chi connectivity index (χ2v) is 7.47. The first-order chi connectivity index (χ1) is 10.6. The molecule has 0 N–H and O–H groups in total. The molecule has 0 spiro atoms. The number of nitrogens with zero attached hydrogens (tertiary/aromatic N) is 1. The predicted molar refractivity (Wildman–Crippen MR) is 87.7 cm³/mol. The molecule has 0 aliphatic carbocycles. The lowest BCUT2D eigenvalue weighted by molar-refractivity contribution is 0.00578. The van der Waals surface area contributed by atoms with Gasteiger partial charge in [0, 0.05) is 5.56 Å².